The lowest BCUT2D eigenvalue weighted by Gasteiger charge is -2.21. The van der Waals surface area contributed by atoms with Crippen molar-refractivity contribution in [3.05, 3.63) is 53.3 Å². The number of carbonyl (C=O) groups is 1. The van der Waals surface area contributed by atoms with Crippen molar-refractivity contribution in [2.75, 3.05) is 26.6 Å². The minimum absolute atomic E-state index is 0.324. The second-order valence-electron chi connectivity index (χ2n) is 10.3. The lowest BCUT2D eigenvalue weighted by Crippen LogP contribution is -2.30. The van der Waals surface area contributed by atoms with Gasteiger partial charge in [-0.25, -0.2) is 0 Å². The molecule has 41 heavy (non-hydrogen) atoms. The summed E-state index contributed by atoms with van der Waals surface area (Å²) in [7, 11) is 4.63. The molecule has 1 amide bonds. The van der Waals surface area contributed by atoms with Gasteiger partial charge in [0.1, 0.15) is 22.9 Å². The maximum atomic E-state index is 13.9. The average molecular weight is 566 g/mol. The largest absolute Gasteiger partial charge is 0.496 e. The van der Waals surface area contributed by atoms with E-state index in [4.69, 9.17) is 14.2 Å². The summed E-state index contributed by atoms with van der Waals surface area (Å²) >= 11 is 0. The molecule has 0 aliphatic heterocycles. The number of rotatable bonds is 19. The normalized spacial score (nSPS) is 11.7. The summed E-state index contributed by atoms with van der Waals surface area (Å²) in [6.07, 6.45) is 14.2. The molecule has 0 saturated carbocycles. The molecule has 1 N–H and O–H groups in total. The van der Waals surface area contributed by atoms with Crippen molar-refractivity contribution in [3.63, 3.8) is 0 Å². The average Bonchev–Trinajstić information content (AvgIpc) is 3.46. The van der Waals surface area contributed by atoms with E-state index in [1.807, 2.05) is 24.3 Å². The molecule has 3 aromatic rings. The maximum absolute atomic E-state index is 13.9. The van der Waals surface area contributed by atoms with Crippen molar-refractivity contribution in [2.45, 2.75) is 96.9 Å². The Balaban J connectivity index is 1.73. The highest BCUT2D eigenvalue weighted by atomic mass is 16.5. The van der Waals surface area contributed by atoms with E-state index >= 15 is 0 Å². The van der Waals surface area contributed by atoms with Gasteiger partial charge in [-0.3, -0.25) is 4.79 Å². The van der Waals surface area contributed by atoms with E-state index in [0.717, 1.165) is 36.8 Å². The second kappa shape index (κ2) is 17.3. The minimum Gasteiger partial charge on any atom is -0.496 e. The highest BCUT2D eigenvalue weighted by Gasteiger charge is 2.29. The van der Waals surface area contributed by atoms with Gasteiger partial charge in [0, 0.05) is 18.6 Å². The number of nitrogens with zero attached hydrogens (tertiary/aromatic N) is 4. The predicted molar refractivity (Wildman–Crippen MR) is 162 cm³/mol. The number of amides is 1. The van der Waals surface area contributed by atoms with Gasteiger partial charge in [0.15, 0.2) is 11.9 Å². The minimum atomic E-state index is -0.823. The third-order valence-electron chi connectivity index (χ3n) is 7.40. The molecule has 1 unspecified atom stereocenters. The summed E-state index contributed by atoms with van der Waals surface area (Å²) in [5, 5.41) is 16.3. The van der Waals surface area contributed by atoms with Crippen molar-refractivity contribution in [1.82, 2.24) is 20.2 Å². The molecule has 0 spiro atoms. The van der Waals surface area contributed by atoms with Gasteiger partial charge in [0.25, 0.3) is 5.91 Å². The summed E-state index contributed by atoms with van der Waals surface area (Å²) in [6.45, 7) is 4.32. The lowest BCUT2D eigenvalue weighted by molar-refractivity contribution is -0.118. The van der Waals surface area contributed by atoms with Crippen LogP contribution in [0.5, 0.6) is 17.2 Å². The molecule has 1 atom stereocenters. The first-order chi connectivity index (χ1) is 20.1. The zero-order valence-corrected chi connectivity index (χ0v) is 25.4. The molecule has 0 fully saturated rings. The van der Waals surface area contributed by atoms with Crippen LogP contribution in [-0.2, 0) is 17.6 Å². The van der Waals surface area contributed by atoms with Gasteiger partial charge in [-0.15, -0.1) is 15.0 Å². The molecular weight excluding hydrogens is 518 g/mol. The Hall–Kier alpha value is -3.62. The number of hydrogen-bond donors (Lipinski definition) is 1. The summed E-state index contributed by atoms with van der Waals surface area (Å²) < 4.78 is 16.4. The standard InChI is InChI=1S/C32H47N5O4/c1-6-8-9-10-11-12-13-14-15-16-21-29-34-36-37(35-29)31(26-20-18-17-19-24(26)7-2)32(38)33-30-27(40-4)22-25(39-3)23-28(30)41-5/h17-20,22-23,31H,6-16,21H2,1-5H3,(H,33,38). The van der Waals surface area contributed by atoms with Gasteiger partial charge in [-0.05, 0) is 29.2 Å². The van der Waals surface area contributed by atoms with Crippen LogP contribution in [0.3, 0.4) is 0 Å². The predicted octanol–water partition coefficient (Wildman–Crippen LogP) is 6.95. The summed E-state index contributed by atoms with van der Waals surface area (Å²) in [5.41, 5.74) is 2.27. The number of unbranched alkanes of at least 4 members (excludes halogenated alkanes) is 9. The Morgan fingerprint density at radius 3 is 2.05 bits per heavy atom. The topological polar surface area (TPSA) is 100 Å². The molecule has 1 aromatic heterocycles. The highest BCUT2D eigenvalue weighted by molar-refractivity contribution is 5.98. The van der Waals surface area contributed by atoms with E-state index < -0.39 is 6.04 Å². The highest BCUT2D eigenvalue weighted by Crippen LogP contribution is 2.39. The van der Waals surface area contributed by atoms with Crippen LogP contribution in [-0.4, -0.2) is 47.4 Å². The van der Waals surface area contributed by atoms with E-state index in [-0.39, 0.29) is 5.91 Å². The van der Waals surface area contributed by atoms with Crippen molar-refractivity contribution in [1.29, 1.82) is 0 Å². The molecule has 1 heterocycles. The fourth-order valence-corrected chi connectivity index (χ4v) is 5.05. The Morgan fingerprint density at radius 1 is 0.854 bits per heavy atom. The Bertz CT molecular complexity index is 1190. The monoisotopic (exact) mass is 565 g/mol. The van der Waals surface area contributed by atoms with Gasteiger partial charge >= 0.3 is 0 Å². The molecule has 2 aromatic carbocycles. The molecule has 9 heteroatoms. The van der Waals surface area contributed by atoms with Gasteiger partial charge < -0.3 is 19.5 Å². The number of benzene rings is 2. The Morgan fingerprint density at radius 2 is 1.46 bits per heavy atom. The number of methoxy groups -OCH3 is 3. The van der Waals surface area contributed by atoms with E-state index in [9.17, 15) is 4.79 Å². The summed E-state index contributed by atoms with van der Waals surface area (Å²) in [4.78, 5) is 15.4. The van der Waals surface area contributed by atoms with E-state index in [2.05, 4.69) is 34.6 Å². The molecule has 9 nitrogen and oxygen atoms in total. The van der Waals surface area contributed by atoms with E-state index in [0.29, 0.717) is 28.8 Å². The number of carbonyl (C=O) groups excluding carboxylic acids is 1. The molecule has 0 aliphatic rings. The molecule has 0 aliphatic carbocycles. The summed E-state index contributed by atoms with van der Waals surface area (Å²) in [5.74, 6) is 1.72. The number of nitrogens with one attached hydrogen (secondary N) is 1. The van der Waals surface area contributed by atoms with Crippen molar-refractivity contribution >= 4 is 11.6 Å². The molecule has 224 valence electrons. The van der Waals surface area contributed by atoms with Crippen LogP contribution in [0.15, 0.2) is 36.4 Å². The quantitative estimate of drug-likeness (QED) is 0.157. The first-order valence-corrected chi connectivity index (χ1v) is 15.0. The van der Waals surface area contributed by atoms with Crippen LogP contribution >= 0.6 is 0 Å². The van der Waals surface area contributed by atoms with E-state index in [1.54, 1.807) is 19.2 Å². The SMILES string of the molecule is CCCCCCCCCCCCc1nnn(C(C(=O)Nc2c(OC)cc(OC)cc2OC)c2ccccc2CC)n1. The van der Waals surface area contributed by atoms with Gasteiger partial charge in [-0.1, -0.05) is 95.9 Å². The number of aryl methyl sites for hydroxylation is 2. The van der Waals surface area contributed by atoms with Crippen LogP contribution in [0.4, 0.5) is 5.69 Å². The Labute approximate surface area is 245 Å². The van der Waals surface area contributed by atoms with Crippen LogP contribution < -0.4 is 19.5 Å². The molecule has 0 saturated heterocycles. The number of tetrazole rings is 1. The first kappa shape index (κ1) is 31.9. The lowest BCUT2D eigenvalue weighted by atomic mass is 9.98. The zero-order chi connectivity index (χ0) is 29.5. The van der Waals surface area contributed by atoms with Gasteiger partial charge in [0.2, 0.25) is 0 Å². The summed E-state index contributed by atoms with van der Waals surface area (Å²) in [6, 6.07) is 10.4. The Kier molecular flexibility index (Phi) is 13.4. The molecule has 0 bridgehead atoms. The second-order valence-corrected chi connectivity index (χ2v) is 10.3. The molecule has 0 radical (unpaired) electrons. The number of anilines is 1. The van der Waals surface area contributed by atoms with Gasteiger partial charge in [0.05, 0.1) is 21.3 Å². The maximum Gasteiger partial charge on any atom is 0.256 e. The smallest absolute Gasteiger partial charge is 0.256 e. The number of ether oxygens (including phenoxy) is 3. The zero-order valence-electron chi connectivity index (χ0n) is 25.4. The van der Waals surface area contributed by atoms with Crippen molar-refractivity contribution in [2.24, 2.45) is 0 Å². The third kappa shape index (κ3) is 9.20. The van der Waals surface area contributed by atoms with Gasteiger partial charge in [-0.2, -0.15) is 0 Å². The molecule has 3 rings (SSSR count). The van der Waals surface area contributed by atoms with E-state index in [1.165, 1.54) is 70.4 Å². The number of hydrogen-bond acceptors (Lipinski definition) is 7. The first-order valence-electron chi connectivity index (χ1n) is 15.0. The van der Waals surface area contributed by atoms with Crippen LogP contribution in [0.1, 0.15) is 101 Å². The van der Waals surface area contributed by atoms with Crippen molar-refractivity contribution < 1.29 is 19.0 Å². The fraction of sp³-hybridized carbons (Fsp3) is 0.562. The van der Waals surface area contributed by atoms with Crippen LogP contribution in [0.25, 0.3) is 0 Å². The third-order valence-corrected chi connectivity index (χ3v) is 7.40. The fourth-order valence-electron chi connectivity index (χ4n) is 5.05. The number of aromatic nitrogens is 4. The van der Waals surface area contributed by atoms with Crippen LogP contribution in [0, 0.1) is 0 Å². The van der Waals surface area contributed by atoms with Crippen LogP contribution in [0.2, 0.25) is 0 Å². The van der Waals surface area contributed by atoms with Crippen molar-refractivity contribution in [3.8, 4) is 17.2 Å². The molecular formula is C32H47N5O4.